The van der Waals surface area contributed by atoms with E-state index in [1.54, 1.807) is 19.1 Å². The van der Waals surface area contributed by atoms with Crippen molar-refractivity contribution in [3.8, 4) is 5.75 Å². The summed E-state index contributed by atoms with van der Waals surface area (Å²) in [6, 6.07) is 14.6. The fraction of sp³-hybridized carbons (Fsp3) is 0.333. The molecule has 5 nitrogen and oxygen atoms in total. The van der Waals surface area contributed by atoms with Gasteiger partial charge >= 0.3 is 0 Å². The molecule has 0 aliphatic carbocycles. The van der Waals surface area contributed by atoms with Crippen LogP contribution in [0.3, 0.4) is 0 Å². The summed E-state index contributed by atoms with van der Waals surface area (Å²) < 4.78 is 5.65. The van der Waals surface area contributed by atoms with Gasteiger partial charge in [-0.2, -0.15) is 11.8 Å². The number of para-hydroxylation sites is 1. The number of thioether (sulfide) groups is 1. The van der Waals surface area contributed by atoms with Gasteiger partial charge in [-0.3, -0.25) is 9.59 Å². The largest absolute Gasteiger partial charge is 0.481 e. The molecule has 1 saturated heterocycles. The van der Waals surface area contributed by atoms with Crippen molar-refractivity contribution in [2.24, 2.45) is 0 Å². The smallest absolute Gasteiger partial charge is 0.265 e. The number of benzene rings is 2. The van der Waals surface area contributed by atoms with Crippen LogP contribution in [0.25, 0.3) is 0 Å². The van der Waals surface area contributed by atoms with Crippen molar-refractivity contribution in [3.05, 3.63) is 59.7 Å². The Morgan fingerprint density at radius 3 is 2.48 bits per heavy atom. The highest BCUT2D eigenvalue weighted by molar-refractivity contribution is 7.99. The Labute approximate surface area is 164 Å². The molecule has 1 N–H and O–H groups in total. The van der Waals surface area contributed by atoms with Crippen molar-refractivity contribution in [1.82, 2.24) is 4.90 Å². The molecule has 1 aliphatic rings. The number of carbonyl (C=O) groups excluding carboxylic acids is 2. The number of hydrogen-bond donors (Lipinski definition) is 1. The van der Waals surface area contributed by atoms with E-state index in [9.17, 15) is 9.59 Å². The van der Waals surface area contributed by atoms with Gasteiger partial charge in [-0.05, 0) is 49.7 Å². The van der Waals surface area contributed by atoms with Crippen molar-refractivity contribution >= 4 is 29.3 Å². The summed E-state index contributed by atoms with van der Waals surface area (Å²) in [5.41, 5.74) is 2.20. The lowest BCUT2D eigenvalue weighted by Gasteiger charge is -2.26. The Morgan fingerprint density at radius 1 is 1.11 bits per heavy atom. The Kier molecular flexibility index (Phi) is 6.40. The Hall–Kier alpha value is -2.47. The monoisotopic (exact) mass is 384 g/mol. The highest BCUT2D eigenvalue weighted by atomic mass is 32.2. The number of nitrogens with one attached hydrogen (secondary N) is 1. The van der Waals surface area contributed by atoms with Crippen LogP contribution in [0.5, 0.6) is 5.75 Å². The zero-order valence-corrected chi connectivity index (χ0v) is 16.4. The number of ether oxygens (including phenoxy) is 1. The molecule has 0 bridgehead atoms. The molecule has 0 radical (unpaired) electrons. The lowest BCUT2D eigenvalue weighted by Crippen LogP contribution is -2.37. The Morgan fingerprint density at radius 2 is 1.81 bits per heavy atom. The second kappa shape index (κ2) is 8.95. The van der Waals surface area contributed by atoms with Gasteiger partial charge in [0.25, 0.3) is 11.8 Å². The molecule has 6 heteroatoms. The van der Waals surface area contributed by atoms with Crippen molar-refractivity contribution < 1.29 is 14.3 Å². The predicted molar refractivity (Wildman–Crippen MR) is 110 cm³/mol. The average molecular weight is 385 g/mol. The molecule has 2 amide bonds. The molecule has 0 spiro atoms. The second-order valence-corrected chi connectivity index (χ2v) is 7.72. The predicted octanol–water partition coefficient (Wildman–Crippen LogP) is 3.59. The summed E-state index contributed by atoms with van der Waals surface area (Å²) in [6.45, 7) is 5.18. The van der Waals surface area contributed by atoms with Crippen molar-refractivity contribution in [2.75, 3.05) is 29.9 Å². The van der Waals surface area contributed by atoms with E-state index in [4.69, 9.17) is 4.74 Å². The molecule has 27 heavy (non-hydrogen) atoms. The average Bonchev–Trinajstić information content (AvgIpc) is 2.70. The molecule has 0 aromatic heterocycles. The highest BCUT2D eigenvalue weighted by Crippen LogP contribution is 2.20. The number of amides is 2. The van der Waals surface area contributed by atoms with E-state index < -0.39 is 6.10 Å². The minimum Gasteiger partial charge on any atom is -0.481 e. The molecule has 1 fully saturated rings. The van der Waals surface area contributed by atoms with Crippen LogP contribution in [0, 0.1) is 6.92 Å². The van der Waals surface area contributed by atoms with Gasteiger partial charge in [0.2, 0.25) is 0 Å². The van der Waals surface area contributed by atoms with Crippen LogP contribution in [0.2, 0.25) is 0 Å². The summed E-state index contributed by atoms with van der Waals surface area (Å²) in [5, 5.41) is 2.88. The molecular weight excluding hydrogens is 360 g/mol. The van der Waals surface area contributed by atoms with Gasteiger partial charge in [0.1, 0.15) is 5.75 Å². The summed E-state index contributed by atoms with van der Waals surface area (Å²) in [6.07, 6.45) is -0.626. The maximum atomic E-state index is 12.6. The first kappa shape index (κ1) is 19.3. The number of rotatable bonds is 5. The van der Waals surface area contributed by atoms with Crippen molar-refractivity contribution in [2.45, 2.75) is 20.0 Å². The fourth-order valence-electron chi connectivity index (χ4n) is 2.88. The molecule has 2 aromatic rings. The summed E-state index contributed by atoms with van der Waals surface area (Å²) in [4.78, 5) is 26.9. The maximum absolute atomic E-state index is 12.6. The zero-order chi connectivity index (χ0) is 19.2. The Bertz CT molecular complexity index is 804. The highest BCUT2D eigenvalue weighted by Gasteiger charge is 2.20. The third-order valence-corrected chi connectivity index (χ3v) is 5.40. The quantitative estimate of drug-likeness (QED) is 0.856. The van der Waals surface area contributed by atoms with Gasteiger partial charge in [0.15, 0.2) is 6.10 Å². The van der Waals surface area contributed by atoms with E-state index in [0.717, 1.165) is 30.2 Å². The maximum Gasteiger partial charge on any atom is 0.265 e. The molecule has 0 saturated carbocycles. The Balaban J connectivity index is 1.63. The molecule has 3 rings (SSSR count). The van der Waals surface area contributed by atoms with E-state index in [2.05, 4.69) is 5.32 Å². The summed E-state index contributed by atoms with van der Waals surface area (Å²) in [5.74, 6) is 2.44. The third-order valence-electron chi connectivity index (χ3n) is 4.45. The first-order valence-electron chi connectivity index (χ1n) is 9.05. The van der Waals surface area contributed by atoms with E-state index in [1.807, 2.05) is 60.0 Å². The van der Waals surface area contributed by atoms with Gasteiger partial charge in [-0.15, -0.1) is 0 Å². The van der Waals surface area contributed by atoms with Gasteiger partial charge in [-0.25, -0.2) is 0 Å². The van der Waals surface area contributed by atoms with E-state index in [0.29, 0.717) is 17.0 Å². The number of anilines is 1. The van der Waals surface area contributed by atoms with E-state index in [-0.39, 0.29) is 11.8 Å². The third kappa shape index (κ3) is 5.04. The molecule has 2 aromatic carbocycles. The molecular formula is C21H24N2O3S. The molecule has 1 atom stereocenters. The number of hydrogen-bond acceptors (Lipinski definition) is 4. The van der Waals surface area contributed by atoms with Crippen LogP contribution < -0.4 is 10.1 Å². The van der Waals surface area contributed by atoms with Gasteiger partial charge < -0.3 is 15.0 Å². The molecule has 1 unspecified atom stereocenters. The molecule has 1 heterocycles. The van der Waals surface area contributed by atoms with E-state index in [1.165, 1.54) is 0 Å². The summed E-state index contributed by atoms with van der Waals surface area (Å²) >= 11 is 1.87. The van der Waals surface area contributed by atoms with Crippen LogP contribution >= 0.6 is 11.8 Å². The first-order valence-corrected chi connectivity index (χ1v) is 10.2. The van der Waals surface area contributed by atoms with Crippen molar-refractivity contribution in [3.63, 3.8) is 0 Å². The van der Waals surface area contributed by atoms with Crippen LogP contribution in [0.1, 0.15) is 22.8 Å². The number of aryl methyl sites for hydroxylation is 1. The summed E-state index contributed by atoms with van der Waals surface area (Å²) in [7, 11) is 0. The number of nitrogens with zero attached hydrogens (tertiary/aromatic N) is 1. The number of carbonyl (C=O) groups is 2. The molecule has 142 valence electrons. The topological polar surface area (TPSA) is 58.6 Å². The minimum absolute atomic E-state index is 0.0528. The molecule has 1 aliphatic heterocycles. The first-order chi connectivity index (χ1) is 13.0. The van der Waals surface area contributed by atoms with Gasteiger partial charge in [-0.1, -0.05) is 18.2 Å². The normalized spacial score (nSPS) is 15.1. The zero-order valence-electron chi connectivity index (χ0n) is 15.6. The fourth-order valence-corrected chi connectivity index (χ4v) is 3.78. The van der Waals surface area contributed by atoms with Gasteiger partial charge in [0, 0.05) is 35.8 Å². The van der Waals surface area contributed by atoms with Crippen LogP contribution in [0.4, 0.5) is 5.69 Å². The van der Waals surface area contributed by atoms with E-state index >= 15 is 0 Å². The van der Waals surface area contributed by atoms with Crippen LogP contribution in [0.15, 0.2) is 48.5 Å². The SMILES string of the molecule is Cc1cc(C(=O)N2CCSCC2)ccc1NC(=O)C(C)Oc1ccccc1. The van der Waals surface area contributed by atoms with Crippen LogP contribution in [-0.2, 0) is 4.79 Å². The van der Waals surface area contributed by atoms with Crippen molar-refractivity contribution in [1.29, 1.82) is 0 Å². The van der Waals surface area contributed by atoms with Crippen LogP contribution in [-0.4, -0.2) is 47.4 Å². The lowest BCUT2D eigenvalue weighted by molar-refractivity contribution is -0.122. The second-order valence-electron chi connectivity index (χ2n) is 6.50. The van der Waals surface area contributed by atoms with Gasteiger partial charge in [0.05, 0.1) is 0 Å². The minimum atomic E-state index is -0.626. The standard InChI is InChI=1S/C21H24N2O3S/c1-15-14-17(21(25)23-10-12-27-13-11-23)8-9-19(15)22-20(24)16(2)26-18-6-4-3-5-7-18/h3-9,14,16H,10-13H2,1-2H3,(H,22,24). The lowest BCUT2D eigenvalue weighted by atomic mass is 10.1.